The molecule has 4 unspecified atom stereocenters. The number of carbonyl (C=O) groups excluding carboxylic acids is 2. The van der Waals surface area contributed by atoms with Gasteiger partial charge >= 0.3 is 11.9 Å². The van der Waals surface area contributed by atoms with Crippen LogP contribution in [0.4, 0.5) is 0 Å². The van der Waals surface area contributed by atoms with E-state index in [0.717, 1.165) is 64.4 Å². The first-order valence-electron chi connectivity index (χ1n) is 17.5. The minimum atomic E-state index is -0.932. The summed E-state index contributed by atoms with van der Waals surface area (Å²) in [6.07, 6.45) is 9.75. The third-order valence-corrected chi connectivity index (χ3v) is 13.6. The van der Waals surface area contributed by atoms with E-state index in [4.69, 9.17) is 9.47 Å². The quantitative estimate of drug-likeness (QED) is 0.278. The van der Waals surface area contributed by atoms with E-state index < -0.39 is 5.41 Å². The summed E-state index contributed by atoms with van der Waals surface area (Å²) in [4.78, 5) is 28.6. The van der Waals surface area contributed by atoms with Crippen molar-refractivity contribution in [2.45, 2.75) is 126 Å². The number of nitrogens with zero attached hydrogens (tertiary/aromatic N) is 2. The molecule has 0 spiro atoms. The van der Waals surface area contributed by atoms with Crippen LogP contribution in [-0.2, 0) is 24.5 Å². The standard InChI is InChI=1S/C38H52N2O4/c1-5-39(3)27-16-17-28(39)23-31(22-27)43-36(41)34-20-21-38(26-12-8-7-9-13-26,35-15-11-10-14-33(34)35)37(42)44-32-24-29-18-19-30(25-32)40(29,4)6-2/h7-15,27-32,34H,5-6,16-25H2,1-4H3/q+2/t27-,28+,29-,30+,31?,32?,34-,38-,39?,40?/m0/s1. The number of hydrogen-bond donors (Lipinski definition) is 0. The number of fused-ring (bicyclic) bond motifs is 5. The van der Waals surface area contributed by atoms with Crippen molar-refractivity contribution >= 4 is 11.9 Å². The Morgan fingerprint density at radius 1 is 0.705 bits per heavy atom. The molecule has 10 atom stereocenters. The van der Waals surface area contributed by atoms with Crippen molar-refractivity contribution in [3.05, 3.63) is 71.3 Å². The summed E-state index contributed by atoms with van der Waals surface area (Å²) in [5, 5.41) is 0. The van der Waals surface area contributed by atoms with Gasteiger partial charge in [0.1, 0.15) is 17.6 Å². The fourth-order valence-electron chi connectivity index (χ4n) is 10.5. The predicted molar refractivity (Wildman–Crippen MR) is 171 cm³/mol. The molecule has 44 heavy (non-hydrogen) atoms. The second-order valence-electron chi connectivity index (χ2n) is 15.1. The summed E-state index contributed by atoms with van der Waals surface area (Å²) in [5.74, 6) is -0.638. The highest BCUT2D eigenvalue weighted by Crippen LogP contribution is 2.50. The molecule has 4 bridgehead atoms. The lowest BCUT2D eigenvalue weighted by atomic mass is 9.63. The lowest BCUT2D eigenvalue weighted by Crippen LogP contribution is -2.59. The molecule has 236 valence electrons. The van der Waals surface area contributed by atoms with Crippen molar-refractivity contribution in [1.82, 2.24) is 0 Å². The molecular weight excluding hydrogens is 548 g/mol. The molecule has 6 heteroatoms. The lowest BCUT2D eigenvalue weighted by Gasteiger charge is -2.47. The number of piperidine rings is 2. The third kappa shape index (κ3) is 4.57. The minimum Gasteiger partial charge on any atom is -0.461 e. The van der Waals surface area contributed by atoms with Gasteiger partial charge in [-0.25, -0.2) is 0 Å². The second kappa shape index (κ2) is 11.3. The number of rotatable bonds is 7. The second-order valence-corrected chi connectivity index (χ2v) is 15.1. The van der Waals surface area contributed by atoms with E-state index in [1.165, 1.54) is 25.7 Å². The van der Waals surface area contributed by atoms with Crippen molar-refractivity contribution in [3.8, 4) is 0 Å². The number of carbonyl (C=O) groups is 2. The van der Waals surface area contributed by atoms with E-state index in [1.54, 1.807) is 0 Å². The molecule has 6 nitrogen and oxygen atoms in total. The van der Waals surface area contributed by atoms with Gasteiger partial charge in [-0.15, -0.1) is 0 Å². The number of benzene rings is 2. The molecule has 4 fully saturated rings. The minimum absolute atomic E-state index is 0.00966. The Hall–Kier alpha value is -2.70. The van der Waals surface area contributed by atoms with Gasteiger partial charge in [0.2, 0.25) is 0 Å². The van der Waals surface area contributed by atoms with Gasteiger partial charge in [0.25, 0.3) is 0 Å². The Balaban J connectivity index is 1.15. The summed E-state index contributed by atoms with van der Waals surface area (Å²) in [6.45, 7) is 6.86. The molecule has 4 aliphatic heterocycles. The molecule has 0 aromatic heterocycles. The SMILES string of the molecule is CC[N+]1(C)[C@@H]2CC[C@H]1CC(OC(=O)[C@H]1CC[C@](C(=O)OC3C[C@H]4CC[C@@H](C3)[N+]4(C)CC)(c3ccccc3)c3ccccc31)C2. The molecular formula is C38H52N2O4+2. The zero-order valence-corrected chi connectivity index (χ0v) is 27.3. The number of esters is 2. The lowest BCUT2D eigenvalue weighted by molar-refractivity contribution is -0.947. The summed E-state index contributed by atoms with van der Waals surface area (Å²) in [6, 6.07) is 20.5. The van der Waals surface area contributed by atoms with E-state index >= 15 is 0 Å². The van der Waals surface area contributed by atoms with Crippen LogP contribution in [-0.4, -0.2) is 84.5 Å². The van der Waals surface area contributed by atoms with Crippen LogP contribution >= 0.6 is 0 Å². The zero-order chi connectivity index (χ0) is 30.7. The smallest absolute Gasteiger partial charge is 0.321 e. The molecule has 7 rings (SSSR count). The van der Waals surface area contributed by atoms with Crippen molar-refractivity contribution < 1.29 is 28.0 Å². The Labute approximate surface area is 263 Å². The molecule has 0 radical (unpaired) electrons. The molecule has 1 aliphatic carbocycles. The van der Waals surface area contributed by atoms with E-state index in [2.05, 4.69) is 46.1 Å². The van der Waals surface area contributed by atoms with Crippen molar-refractivity contribution in [2.75, 3.05) is 27.2 Å². The molecule has 0 N–H and O–H groups in total. The van der Waals surface area contributed by atoms with Crippen LogP contribution < -0.4 is 0 Å². The number of hydrogen-bond acceptors (Lipinski definition) is 4. The Morgan fingerprint density at radius 3 is 1.75 bits per heavy atom. The molecule has 2 aromatic carbocycles. The normalized spacial score (nSPS) is 40.7. The van der Waals surface area contributed by atoms with Crippen LogP contribution in [0.1, 0.15) is 101 Å². The van der Waals surface area contributed by atoms with Crippen LogP contribution in [0.25, 0.3) is 0 Å². The maximum absolute atomic E-state index is 14.6. The van der Waals surface area contributed by atoms with Gasteiger partial charge in [-0.2, -0.15) is 0 Å². The first-order chi connectivity index (χ1) is 21.2. The molecule has 4 saturated heterocycles. The predicted octanol–water partition coefficient (Wildman–Crippen LogP) is 6.26. The van der Waals surface area contributed by atoms with E-state index in [-0.39, 0.29) is 30.1 Å². The van der Waals surface area contributed by atoms with Crippen LogP contribution in [0.5, 0.6) is 0 Å². The van der Waals surface area contributed by atoms with Gasteiger partial charge < -0.3 is 18.4 Å². The van der Waals surface area contributed by atoms with Gasteiger partial charge in [-0.3, -0.25) is 9.59 Å². The van der Waals surface area contributed by atoms with Gasteiger partial charge in [0, 0.05) is 51.4 Å². The van der Waals surface area contributed by atoms with Gasteiger partial charge in [0.15, 0.2) is 0 Å². The first kappa shape index (κ1) is 30.0. The maximum Gasteiger partial charge on any atom is 0.321 e. The van der Waals surface area contributed by atoms with E-state index in [0.29, 0.717) is 37.0 Å². The highest BCUT2D eigenvalue weighted by molar-refractivity contribution is 5.91. The molecule has 5 aliphatic rings. The highest BCUT2D eigenvalue weighted by atomic mass is 16.5. The molecule has 0 amide bonds. The summed E-state index contributed by atoms with van der Waals surface area (Å²) in [5.41, 5.74) is 1.86. The zero-order valence-electron chi connectivity index (χ0n) is 27.3. The number of ether oxygens (including phenoxy) is 2. The monoisotopic (exact) mass is 600 g/mol. The van der Waals surface area contributed by atoms with Crippen molar-refractivity contribution in [2.24, 2.45) is 0 Å². The van der Waals surface area contributed by atoms with Crippen LogP contribution in [0.3, 0.4) is 0 Å². The highest BCUT2D eigenvalue weighted by Gasteiger charge is 2.55. The van der Waals surface area contributed by atoms with Crippen molar-refractivity contribution in [3.63, 3.8) is 0 Å². The van der Waals surface area contributed by atoms with E-state index in [1.807, 2.05) is 36.4 Å². The Kier molecular flexibility index (Phi) is 7.68. The van der Waals surface area contributed by atoms with Crippen LogP contribution in [0, 0.1) is 0 Å². The molecule has 4 heterocycles. The third-order valence-electron chi connectivity index (χ3n) is 13.6. The fraction of sp³-hybridized carbons (Fsp3) is 0.632. The van der Waals surface area contributed by atoms with E-state index in [9.17, 15) is 9.59 Å². The van der Waals surface area contributed by atoms with Crippen LogP contribution in [0.15, 0.2) is 54.6 Å². The Morgan fingerprint density at radius 2 is 1.20 bits per heavy atom. The maximum atomic E-state index is 14.6. The molecule has 0 saturated carbocycles. The topological polar surface area (TPSA) is 52.6 Å². The molecule has 2 aromatic rings. The van der Waals surface area contributed by atoms with Gasteiger partial charge in [-0.1, -0.05) is 54.6 Å². The fourth-order valence-corrected chi connectivity index (χ4v) is 10.5. The van der Waals surface area contributed by atoms with Crippen LogP contribution in [0.2, 0.25) is 0 Å². The summed E-state index contributed by atoms with van der Waals surface area (Å²) in [7, 11) is 4.78. The van der Waals surface area contributed by atoms with Crippen molar-refractivity contribution in [1.29, 1.82) is 0 Å². The Bertz CT molecular complexity index is 1360. The summed E-state index contributed by atoms with van der Waals surface area (Å²) >= 11 is 0. The largest absolute Gasteiger partial charge is 0.461 e. The van der Waals surface area contributed by atoms with Gasteiger partial charge in [-0.05, 0) is 43.4 Å². The number of quaternary nitrogens is 2. The first-order valence-corrected chi connectivity index (χ1v) is 17.5. The average Bonchev–Trinajstić information content (AvgIpc) is 3.29. The average molecular weight is 601 g/mol. The van der Waals surface area contributed by atoms with Gasteiger partial charge in [0.05, 0.1) is 57.3 Å². The summed E-state index contributed by atoms with van der Waals surface area (Å²) < 4.78 is 15.2.